The number of fused-ring (bicyclic) bond motifs is 10. The minimum atomic E-state index is -0.851. The third kappa shape index (κ3) is 7.34. The van der Waals surface area contributed by atoms with Gasteiger partial charge in [0.15, 0.2) is 0 Å². The number of aromatic amines is 1. The number of aromatic nitrogens is 2. The lowest BCUT2D eigenvalue weighted by molar-refractivity contribution is -0.122. The van der Waals surface area contributed by atoms with Crippen molar-refractivity contribution in [2.75, 3.05) is 17.2 Å². The number of aryl methyl sites for hydroxylation is 2. The Labute approximate surface area is 282 Å². The molecule has 0 aliphatic carbocycles. The summed E-state index contributed by atoms with van der Waals surface area (Å²) in [4.78, 5) is 61.9. The van der Waals surface area contributed by atoms with Gasteiger partial charge in [-0.05, 0) is 83.6 Å². The number of carbonyl (C=O) groups excluding carboxylic acids is 3. The fourth-order valence-corrected chi connectivity index (χ4v) is 5.94. The Morgan fingerprint density at radius 3 is 2.52 bits per heavy atom. The molecule has 0 radical (unpaired) electrons. The van der Waals surface area contributed by atoms with Crippen LogP contribution < -0.4 is 21.5 Å². The molecule has 3 heterocycles. The molecule has 4 aromatic carbocycles. The summed E-state index contributed by atoms with van der Waals surface area (Å²) in [5.74, 6) is -0.719. The van der Waals surface area contributed by atoms with Crippen molar-refractivity contribution in [3.05, 3.63) is 129 Å². The fourth-order valence-electron chi connectivity index (χ4n) is 5.72. The molecule has 4 N–H and O–H groups in total. The SMILES string of the molecule is Cc1cc2cc(C)c1CN(C(=O)OCc1ccccc1)CC(=O)Nc1ccc(S)c(c1)CNC(=O)C2Nc1ccc2nc[nH]c(=O)c2c1. The molecule has 0 spiro atoms. The highest BCUT2D eigenvalue weighted by atomic mass is 32.1. The molecular formula is C36H34N6O5S. The molecule has 0 fully saturated rings. The predicted molar refractivity (Wildman–Crippen MR) is 186 cm³/mol. The molecule has 2 aliphatic heterocycles. The number of hydrogen-bond acceptors (Lipinski definition) is 8. The van der Waals surface area contributed by atoms with Gasteiger partial charge in [0.25, 0.3) is 5.56 Å². The van der Waals surface area contributed by atoms with Gasteiger partial charge < -0.3 is 25.7 Å². The highest BCUT2D eigenvalue weighted by Crippen LogP contribution is 2.28. The molecule has 1 unspecified atom stereocenters. The largest absolute Gasteiger partial charge is 0.445 e. The molecule has 48 heavy (non-hydrogen) atoms. The molecule has 0 saturated heterocycles. The van der Waals surface area contributed by atoms with Crippen LogP contribution in [0.5, 0.6) is 0 Å². The summed E-state index contributed by atoms with van der Waals surface area (Å²) in [5, 5.41) is 9.57. The predicted octanol–water partition coefficient (Wildman–Crippen LogP) is 5.39. The van der Waals surface area contributed by atoms with Crippen LogP contribution in [0.1, 0.15) is 39.4 Å². The highest BCUT2D eigenvalue weighted by molar-refractivity contribution is 7.80. The number of rotatable bonds is 4. The number of nitrogens with one attached hydrogen (secondary N) is 4. The Hall–Kier alpha value is -5.62. The summed E-state index contributed by atoms with van der Waals surface area (Å²) in [6.45, 7) is 3.84. The van der Waals surface area contributed by atoms with E-state index in [2.05, 4.69) is 38.5 Å². The smallest absolute Gasteiger partial charge is 0.410 e. The quantitative estimate of drug-likeness (QED) is 0.162. The molecule has 244 valence electrons. The van der Waals surface area contributed by atoms with Gasteiger partial charge in [0.1, 0.15) is 19.2 Å². The molecule has 1 atom stereocenters. The van der Waals surface area contributed by atoms with E-state index in [0.29, 0.717) is 38.3 Å². The Bertz CT molecular complexity index is 2060. The molecule has 5 aromatic rings. The maximum absolute atomic E-state index is 13.9. The minimum Gasteiger partial charge on any atom is -0.445 e. The summed E-state index contributed by atoms with van der Waals surface area (Å²) >= 11 is 4.57. The zero-order valence-electron chi connectivity index (χ0n) is 26.4. The second kappa shape index (κ2) is 14.0. The average molecular weight is 663 g/mol. The van der Waals surface area contributed by atoms with Gasteiger partial charge in [-0.3, -0.25) is 19.3 Å². The summed E-state index contributed by atoms with van der Waals surface area (Å²) in [5.41, 5.74) is 5.93. The second-order valence-electron chi connectivity index (χ2n) is 11.7. The lowest BCUT2D eigenvalue weighted by Crippen LogP contribution is -2.38. The van der Waals surface area contributed by atoms with E-state index in [4.69, 9.17) is 4.74 Å². The van der Waals surface area contributed by atoms with Gasteiger partial charge in [-0.25, -0.2) is 9.78 Å². The molecule has 11 nitrogen and oxygen atoms in total. The Balaban J connectivity index is 1.38. The minimum absolute atomic E-state index is 0.0562. The van der Waals surface area contributed by atoms with E-state index in [-0.39, 0.29) is 37.7 Å². The monoisotopic (exact) mass is 662 g/mol. The van der Waals surface area contributed by atoms with Crippen LogP contribution in [0.25, 0.3) is 10.9 Å². The average Bonchev–Trinajstić information content (AvgIpc) is 3.07. The van der Waals surface area contributed by atoms with E-state index >= 15 is 0 Å². The molecule has 3 amide bonds. The first-order valence-electron chi connectivity index (χ1n) is 15.3. The van der Waals surface area contributed by atoms with Crippen LogP contribution in [0.3, 0.4) is 0 Å². The van der Waals surface area contributed by atoms with Crippen LogP contribution in [-0.4, -0.2) is 39.3 Å². The van der Waals surface area contributed by atoms with Gasteiger partial charge in [0.05, 0.1) is 23.8 Å². The van der Waals surface area contributed by atoms with Crippen LogP contribution in [0.2, 0.25) is 0 Å². The van der Waals surface area contributed by atoms with Gasteiger partial charge in [-0.2, -0.15) is 0 Å². The lowest BCUT2D eigenvalue weighted by atomic mass is 9.94. The van der Waals surface area contributed by atoms with Crippen molar-refractivity contribution in [2.45, 2.75) is 44.5 Å². The highest BCUT2D eigenvalue weighted by Gasteiger charge is 2.26. The van der Waals surface area contributed by atoms with Crippen molar-refractivity contribution in [3.8, 4) is 0 Å². The van der Waals surface area contributed by atoms with E-state index in [1.807, 2.05) is 56.3 Å². The summed E-state index contributed by atoms with van der Waals surface area (Å²) in [6, 6.07) is 22.6. The van der Waals surface area contributed by atoms with Crippen LogP contribution in [0.4, 0.5) is 16.2 Å². The van der Waals surface area contributed by atoms with Gasteiger partial charge in [0, 0.05) is 22.8 Å². The zero-order valence-corrected chi connectivity index (χ0v) is 27.3. The number of amides is 3. The van der Waals surface area contributed by atoms with E-state index in [1.54, 1.807) is 36.4 Å². The fraction of sp³-hybridized carbons (Fsp3) is 0.194. The molecule has 7 rings (SSSR count). The number of hydrogen-bond donors (Lipinski definition) is 5. The summed E-state index contributed by atoms with van der Waals surface area (Å²) < 4.78 is 5.64. The van der Waals surface area contributed by atoms with E-state index < -0.39 is 18.0 Å². The third-order valence-corrected chi connectivity index (χ3v) is 8.66. The van der Waals surface area contributed by atoms with Gasteiger partial charge >= 0.3 is 6.09 Å². The number of ether oxygens (including phenoxy) is 1. The van der Waals surface area contributed by atoms with Crippen molar-refractivity contribution < 1.29 is 19.1 Å². The van der Waals surface area contributed by atoms with Crippen LogP contribution in [0, 0.1) is 13.8 Å². The Morgan fingerprint density at radius 1 is 0.979 bits per heavy atom. The lowest BCUT2D eigenvalue weighted by Gasteiger charge is -2.26. The maximum atomic E-state index is 13.9. The number of carbonyl (C=O) groups is 3. The normalized spacial score (nSPS) is 15.1. The number of thiol groups is 1. The van der Waals surface area contributed by atoms with Crippen LogP contribution >= 0.6 is 12.6 Å². The Morgan fingerprint density at radius 2 is 1.75 bits per heavy atom. The molecule has 4 bridgehead atoms. The first kappa shape index (κ1) is 32.3. The molecule has 2 aliphatic rings. The van der Waals surface area contributed by atoms with Crippen molar-refractivity contribution in [1.29, 1.82) is 0 Å². The zero-order chi connectivity index (χ0) is 33.8. The van der Waals surface area contributed by atoms with E-state index in [9.17, 15) is 19.2 Å². The second-order valence-corrected chi connectivity index (χ2v) is 12.2. The van der Waals surface area contributed by atoms with Gasteiger partial charge in [0.2, 0.25) is 11.8 Å². The summed E-state index contributed by atoms with van der Waals surface area (Å²) in [7, 11) is 0. The molecule has 1 aromatic heterocycles. The van der Waals surface area contributed by atoms with Crippen molar-refractivity contribution >= 4 is 52.8 Å². The van der Waals surface area contributed by atoms with E-state index in [0.717, 1.165) is 22.3 Å². The summed E-state index contributed by atoms with van der Waals surface area (Å²) in [6.07, 6.45) is 0.713. The first-order valence-corrected chi connectivity index (χ1v) is 15.8. The third-order valence-electron chi connectivity index (χ3n) is 8.23. The van der Waals surface area contributed by atoms with Crippen molar-refractivity contribution in [2.24, 2.45) is 0 Å². The van der Waals surface area contributed by atoms with Crippen molar-refractivity contribution in [1.82, 2.24) is 20.2 Å². The number of H-pyrrole nitrogens is 1. The van der Waals surface area contributed by atoms with Crippen LogP contribution in [-0.2, 0) is 34.0 Å². The van der Waals surface area contributed by atoms with Crippen LogP contribution in [0.15, 0.2) is 94.9 Å². The molecule has 0 saturated carbocycles. The molecule has 12 heteroatoms. The van der Waals surface area contributed by atoms with Crippen molar-refractivity contribution in [3.63, 3.8) is 0 Å². The Kier molecular flexibility index (Phi) is 9.44. The topological polar surface area (TPSA) is 146 Å². The standard InChI is InChI=1S/C36H34N6O5S/c1-21-12-24-13-22(2)29(21)17-42(36(46)47-19-23-6-4-3-5-7-23)18-32(43)40-26-9-11-31(48)25(14-26)16-37-35(45)33(24)41-27-8-10-30-28(15-27)34(44)39-20-38-30/h3-15,20,33,41,48H,16-19H2,1-2H3,(H,37,45)(H,40,43)(H,38,39,44). The first-order chi connectivity index (χ1) is 23.1. The number of anilines is 2. The molecular weight excluding hydrogens is 628 g/mol. The van der Waals surface area contributed by atoms with Gasteiger partial charge in [-0.15, -0.1) is 12.6 Å². The van der Waals surface area contributed by atoms with Gasteiger partial charge in [-0.1, -0.05) is 42.5 Å². The number of nitrogens with zero attached hydrogens (tertiary/aromatic N) is 2. The maximum Gasteiger partial charge on any atom is 0.410 e. The number of benzene rings is 4. The van der Waals surface area contributed by atoms with E-state index in [1.165, 1.54) is 11.2 Å².